The van der Waals surface area contributed by atoms with E-state index in [2.05, 4.69) is 79.5 Å². The summed E-state index contributed by atoms with van der Waals surface area (Å²) in [5, 5.41) is 0. The van der Waals surface area contributed by atoms with Crippen LogP contribution < -0.4 is 0 Å². The highest BCUT2D eigenvalue weighted by Crippen LogP contribution is 2.25. The van der Waals surface area contributed by atoms with Crippen molar-refractivity contribution in [2.45, 2.75) is 58.8 Å². The van der Waals surface area contributed by atoms with Gasteiger partial charge in [0.2, 0.25) is 0 Å². The van der Waals surface area contributed by atoms with Gasteiger partial charge in [-0.25, -0.2) is 0 Å². The number of pyridine rings is 1. The second kappa shape index (κ2) is 10.1. The molecule has 2 aromatic carbocycles. The minimum atomic E-state index is 1.05. The maximum atomic E-state index is 4.67. The first-order valence-electron chi connectivity index (χ1n) is 10.4. The van der Waals surface area contributed by atoms with Crippen molar-refractivity contribution < 1.29 is 0 Å². The molecule has 3 rings (SSSR count). The summed E-state index contributed by atoms with van der Waals surface area (Å²) in [4.78, 5) is 4.67. The minimum Gasteiger partial charge on any atom is -0.256 e. The second-order valence-corrected chi connectivity index (χ2v) is 7.39. The van der Waals surface area contributed by atoms with Crippen LogP contribution in [0.3, 0.4) is 0 Å². The van der Waals surface area contributed by atoms with Crippen LogP contribution in [0.4, 0.5) is 0 Å². The van der Waals surface area contributed by atoms with Gasteiger partial charge in [0, 0.05) is 11.8 Å². The van der Waals surface area contributed by atoms with Gasteiger partial charge in [-0.3, -0.25) is 4.98 Å². The molecule has 0 atom stereocenters. The Kier molecular flexibility index (Phi) is 7.21. The van der Waals surface area contributed by atoms with Gasteiger partial charge in [-0.05, 0) is 54.0 Å². The molecule has 0 unspecified atom stereocenters. The Balaban J connectivity index is 1.66. The standard InChI is InChI=1S/C26H31N/c1-3-5-7-9-22-12-19-26(27-20-22)25-17-15-24(16-18-25)23-13-10-21(11-14-23)8-6-4-2/h10-20H,3-9H2,1-2H3. The minimum absolute atomic E-state index is 1.05. The Hall–Kier alpha value is -2.41. The van der Waals surface area contributed by atoms with Crippen molar-refractivity contribution in [3.05, 3.63) is 78.0 Å². The van der Waals surface area contributed by atoms with Crippen LogP contribution in [0.1, 0.15) is 57.1 Å². The summed E-state index contributed by atoms with van der Waals surface area (Å²) in [6, 6.07) is 22.1. The van der Waals surface area contributed by atoms with Crippen LogP contribution >= 0.6 is 0 Å². The van der Waals surface area contributed by atoms with Crippen molar-refractivity contribution in [3.63, 3.8) is 0 Å². The van der Waals surface area contributed by atoms with Gasteiger partial charge < -0.3 is 0 Å². The van der Waals surface area contributed by atoms with Gasteiger partial charge in [-0.15, -0.1) is 0 Å². The van der Waals surface area contributed by atoms with Gasteiger partial charge in [0.05, 0.1) is 5.69 Å². The molecule has 3 aromatic rings. The van der Waals surface area contributed by atoms with E-state index in [1.54, 1.807) is 0 Å². The average Bonchev–Trinajstić information content (AvgIpc) is 2.73. The highest BCUT2D eigenvalue weighted by Gasteiger charge is 2.03. The fourth-order valence-corrected chi connectivity index (χ4v) is 3.40. The summed E-state index contributed by atoms with van der Waals surface area (Å²) in [5.41, 5.74) is 7.54. The number of benzene rings is 2. The normalized spacial score (nSPS) is 10.9. The maximum Gasteiger partial charge on any atom is 0.0702 e. The number of rotatable bonds is 9. The predicted octanol–water partition coefficient (Wildman–Crippen LogP) is 7.49. The zero-order valence-electron chi connectivity index (χ0n) is 16.7. The molecule has 0 aliphatic carbocycles. The van der Waals surface area contributed by atoms with Crippen LogP contribution in [0, 0.1) is 0 Å². The smallest absolute Gasteiger partial charge is 0.0702 e. The quantitative estimate of drug-likeness (QED) is 0.361. The Morgan fingerprint density at radius 2 is 1.11 bits per heavy atom. The van der Waals surface area contributed by atoms with E-state index in [0.717, 1.165) is 12.1 Å². The summed E-state index contributed by atoms with van der Waals surface area (Å²) < 4.78 is 0. The van der Waals surface area contributed by atoms with Gasteiger partial charge in [-0.1, -0.05) is 87.7 Å². The molecule has 0 saturated carbocycles. The van der Waals surface area contributed by atoms with E-state index in [4.69, 9.17) is 0 Å². The Morgan fingerprint density at radius 1 is 0.556 bits per heavy atom. The number of unbranched alkanes of at least 4 members (excludes halogenated alkanes) is 3. The third-order valence-corrected chi connectivity index (χ3v) is 5.18. The molecule has 1 heterocycles. The molecule has 0 N–H and O–H groups in total. The van der Waals surface area contributed by atoms with Crippen LogP contribution in [0.2, 0.25) is 0 Å². The zero-order valence-corrected chi connectivity index (χ0v) is 16.7. The predicted molar refractivity (Wildman–Crippen MR) is 117 cm³/mol. The summed E-state index contributed by atoms with van der Waals surface area (Å²) in [7, 11) is 0. The number of hydrogen-bond donors (Lipinski definition) is 0. The summed E-state index contributed by atoms with van der Waals surface area (Å²) >= 11 is 0. The lowest BCUT2D eigenvalue weighted by Crippen LogP contribution is -1.89. The molecule has 0 amide bonds. The Morgan fingerprint density at radius 3 is 1.70 bits per heavy atom. The van der Waals surface area contributed by atoms with Crippen molar-refractivity contribution in [1.82, 2.24) is 4.98 Å². The van der Waals surface area contributed by atoms with Gasteiger partial charge in [0.25, 0.3) is 0 Å². The van der Waals surface area contributed by atoms with Crippen molar-refractivity contribution in [2.24, 2.45) is 0 Å². The Bertz CT molecular complexity index is 798. The molecule has 0 aliphatic heterocycles. The van der Waals surface area contributed by atoms with Crippen molar-refractivity contribution in [2.75, 3.05) is 0 Å². The number of aryl methyl sites for hydroxylation is 2. The second-order valence-electron chi connectivity index (χ2n) is 7.39. The molecule has 1 nitrogen and oxygen atoms in total. The van der Waals surface area contributed by atoms with Gasteiger partial charge in [0.1, 0.15) is 0 Å². The first-order valence-corrected chi connectivity index (χ1v) is 10.4. The van der Waals surface area contributed by atoms with E-state index in [0.29, 0.717) is 0 Å². The molecule has 27 heavy (non-hydrogen) atoms. The fraction of sp³-hybridized carbons (Fsp3) is 0.346. The fourth-order valence-electron chi connectivity index (χ4n) is 3.40. The average molecular weight is 358 g/mol. The number of aromatic nitrogens is 1. The van der Waals surface area contributed by atoms with E-state index in [1.807, 2.05) is 6.20 Å². The molecule has 0 aliphatic rings. The van der Waals surface area contributed by atoms with E-state index in [-0.39, 0.29) is 0 Å². The van der Waals surface area contributed by atoms with Crippen LogP contribution in [0.5, 0.6) is 0 Å². The van der Waals surface area contributed by atoms with E-state index in [1.165, 1.54) is 66.3 Å². The van der Waals surface area contributed by atoms with Gasteiger partial charge in [-0.2, -0.15) is 0 Å². The van der Waals surface area contributed by atoms with E-state index < -0.39 is 0 Å². The Labute approximate surface area is 164 Å². The van der Waals surface area contributed by atoms with Crippen LogP contribution in [-0.4, -0.2) is 4.98 Å². The molecule has 0 fully saturated rings. The zero-order chi connectivity index (χ0) is 18.9. The summed E-state index contributed by atoms with van der Waals surface area (Å²) in [6.07, 6.45) is 10.7. The van der Waals surface area contributed by atoms with Gasteiger partial charge >= 0.3 is 0 Å². The maximum absolute atomic E-state index is 4.67. The van der Waals surface area contributed by atoms with Crippen molar-refractivity contribution >= 4 is 0 Å². The largest absolute Gasteiger partial charge is 0.256 e. The topological polar surface area (TPSA) is 12.9 Å². The lowest BCUT2D eigenvalue weighted by molar-refractivity contribution is 0.716. The molecule has 0 spiro atoms. The van der Waals surface area contributed by atoms with E-state index in [9.17, 15) is 0 Å². The van der Waals surface area contributed by atoms with E-state index >= 15 is 0 Å². The number of nitrogens with zero attached hydrogens (tertiary/aromatic N) is 1. The molecular formula is C26H31N. The molecule has 1 heteroatoms. The molecule has 0 saturated heterocycles. The van der Waals surface area contributed by atoms with Crippen molar-refractivity contribution in [1.29, 1.82) is 0 Å². The third-order valence-electron chi connectivity index (χ3n) is 5.18. The van der Waals surface area contributed by atoms with Gasteiger partial charge in [0.15, 0.2) is 0 Å². The first-order chi connectivity index (χ1) is 13.3. The molecule has 0 radical (unpaired) electrons. The SMILES string of the molecule is CCCCCc1ccc(-c2ccc(-c3ccc(CCCC)cc3)cc2)nc1. The van der Waals surface area contributed by atoms with Crippen LogP contribution in [-0.2, 0) is 12.8 Å². The molecule has 0 bridgehead atoms. The van der Waals surface area contributed by atoms with Crippen LogP contribution in [0.25, 0.3) is 22.4 Å². The van der Waals surface area contributed by atoms with Crippen LogP contribution in [0.15, 0.2) is 66.9 Å². The summed E-state index contributed by atoms with van der Waals surface area (Å²) in [5.74, 6) is 0. The number of hydrogen-bond acceptors (Lipinski definition) is 1. The molecule has 140 valence electrons. The third kappa shape index (κ3) is 5.53. The highest BCUT2D eigenvalue weighted by atomic mass is 14.7. The summed E-state index contributed by atoms with van der Waals surface area (Å²) in [6.45, 7) is 4.48. The lowest BCUT2D eigenvalue weighted by atomic mass is 10.00. The van der Waals surface area contributed by atoms with Crippen molar-refractivity contribution in [3.8, 4) is 22.4 Å². The molecular weight excluding hydrogens is 326 g/mol. The first kappa shape index (κ1) is 19.4. The highest BCUT2D eigenvalue weighted by molar-refractivity contribution is 5.69. The monoisotopic (exact) mass is 357 g/mol. The lowest BCUT2D eigenvalue weighted by Gasteiger charge is -2.07. The molecule has 1 aromatic heterocycles.